The number of hydrogen-bond acceptors (Lipinski definition) is 8. The topological polar surface area (TPSA) is 113 Å². The summed E-state index contributed by atoms with van der Waals surface area (Å²) in [6.07, 6.45) is 20.5. The number of methoxy groups -OCH3 is 1. The first-order valence-corrected chi connectivity index (χ1v) is 19.8. The molecule has 0 saturated heterocycles. The first-order valence-electron chi connectivity index (χ1n) is 18.3. The Bertz CT molecular complexity index is 1460. The van der Waals surface area contributed by atoms with Crippen molar-refractivity contribution >= 4 is 28.1 Å². The van der Waals surface area contributed by atoms with Crippen LogP contribution in [-0.2, 0) is 35.7 Å². The van der Waals surface area contributed by atoms with Gasteiger partial charge in [-0.3, -0.25) is 9.35 Å². The highest BCUT2D eigenvalue weighted by molar-refractivity contribution is 7.85. The van der Waals surface area contributed by atoms with Crippen molar-refractivity contribution in [2.45, 2.75) is 127 Å². The number of carbonyl (C=O) groups is 2. The van der Waals surface area contributed by atoms with E-state index in [9.17, 15) is 18.0 Å². The third kappa shape index (κ3) is 17.7. The lowest BCUT2D eigenvalue weighted by molar-refractivity contribution is -0.148. The predicted molar refractivity (Wildman–Crippen MR) is 205 cm³/mol. The Labute approximate surface area is 307 Å². The van der Waals surface area contributed by atoms with Gasteiger partial charge in [-0.15, -0.1) is 0 Å². The van der Waals surface area contributed by atoms with E-state index in [0.29, 0.717) is 12.0 Å². The van der Waals surface area contributed by atoms with Gasteiger partial charge in [0.1, 0.15) is 6.10 Å². The summed E-state index contributed by atoms with van der Waals surface area (Å²) in [5.74, 6) is -0.436. The zero-order valence-corrected chi connectivity index (χ0v) is 31.8. The second-order valence-electron chi connectivity index (χ2n) is 13.2. The maximum absolute atomic E-state index is 12.7. The van der Waals surface area contributed by atoms with Gasteiger partial charge in [-0.1, -0.05) is 126 Å². The van der Waals surface area contributed by atoms with Crippen LogP contribution in [0.4, 0.5) is 0 Å². The third-order valence-electron chi connectivity index (χ3n) is 8.87. The highest BCUT2D eigenvalue weighted by Crippen LogP contribution is 2.26. The molecule has 2 aromatic carbocycles. The smallest absolute Gasteiger partial charge is 0.333 e. The van der Waals surface area contributed by atoms with Crippen molar-refractivity contribution in [1.29, 1.82) is 0 Å². The van der Waals surface area contributed by atoms with E-state index in [4.69, 9.17) is 14.0 Å². The van der Waals surface area contributed by atoms with Crippen molar-refractivity contribution in [3.8, 4) is 0 Å². The van der Waals surface area contributed by atoms with E-state index in [1.807, 2.05) is 6.07 Å². The lowest BCUT2D eigenvalue weighted by Crippen LogP contribution is -2.44. The molecule has 0 fully saturated rings. The van der Waals surface area contributed by atoms with Crippen LogP contribution in [0.15, 0.2) is 90.6 Å². The largest absolute Gasteiger partial charge is 0.469 e. The molecule has 2 unspecified atom stereocenters. The van der Waals surface area contributed by atoms with Crippen LogP contribution in [0.2, 0.25) is 0 Å². The lowest BCUT2D eigenvalue weighted by atomic mass is 9.96. The second-order valence-corrected chi connectivity index (χ2v) is 14.6. The van der Waals surface area contributed by atoms with Gasteiger partial charge in [-0.05, 0) is 55.9 Å². The molecule has 0 aliphatic carbocycles. The van der Waals surface area contributed by atoms with Crippen LogP contribution in [-0.4, -0.2) is 60.6 Å². The molecule has 10 heteroatoms. The summed E-state index contributed by atoms with van der Waals surface area (Å²) in [4.78, 5) is 28.6. The number of esters is 2. The predicted octanol–water partition coefficient (Wildman–Crippen LogP) is 9.32. The number of rotatable bonds is 23. The molecule has 0 amide bonds. The Morgan fingerprint density at radius 1 is 0.882 bits per heavy atom. The molecule has 2 aromatic rings. The highest BCUT2D eigenvalue weighted by Gasteiger charge is 2.31. The van der Waals surface area contributed by atoms with E-state index in [1.54, 1.807) is 25.1 Å². The second kappa shape index (κ2) is 24.3. The maximum Gasteiger partial charge on any atom is 0.333 e. The summed E-state index contributed by atoms with van der Waals surface area (Å²) in [6.45, 7) is 13.0. The molecule has 1 aliphatic rings. The van der Waals surface area contributed by atoms with Gasteiger partial charge in [0.25, 0.3) is 10.1 Å². The molecular formula is C41H60N2O7S. The minimum absolute atomic E-state index is 0.104. The van der Waals surface area contributed by atoms with Crippen LogP contribution in [0.3, 0.4) is 0 Å². The molecule has 0 radical (unpaired) electrons. The number of carbonyl (C=O) groups excluding carboxylic acids is 2. The quantitative estimate of drug-likeness (QED) is 0.0518. The van der Waals surface area contributed by atoms with Gasteiger partial charge in [0.15, 0.2) is 0 Å². The minimum atomic E-state index is -4.06. The molecule has 282 valence electrons. The van der Waals surface area contributed by atoms with Gasteiger partial charge in [-0.2, -0.15) is 8.42 Å². The SMILES string of the molecule is C=C(C)C(=O)OC(CCCCCCCC(=O)OC)C(CCCCCCCC)N1C=CN(Cc2ccccc2)C1.C=Cc1ccc(S(=O)(=O)O)cc1. The normalized spacial score (nSPS) is 13.6. The Balaban J connectivity index is 0.000000631. The Hall–Kier alpha value is -3.89. The number of benzene rings is 2. The monoisotopic (exact) mass is 724 g/mol. The van der Waals surface area contributed by atoms with Crippen LogP contribution in [0.1, 0.15) is 115 Å². The minimum Gasteiger partial charge on any atom is -0.469 e. The van der Waals surface area contributed by atoms with Gasteiger partial charge in [0.05, 0.1) is 24.7 Å². The molecule has 51 heavy (non-hydrogen) atoms. The maximum atomic E-state index is 12.7. The van der Waals surface area contributed by atoms with Gasteiger partial charge >= 0.3 is 11.9 Å². The van der Waals surface area contributed by atoms with E-state index in [0.717, 1.165) is 70.1 Å². The molecule has 0 saturated carbocycles. The summed E-state index contributed by atoms with van der Waals surface area (Å²) >= 11 is 0. The standard InChI is InChI=1S/C33H52N2O4.C8H8O3S/c1-5-6-7-8-10-16-21-30(35-25-24-34(27-35)26-29-19-14-13-15-20-29)31(39-33(37)28(2)3)22-17-11-9-12-18-23-32(36)38-4;1-2-7-3-5-8(6-4-7)12(9,10)11/h13-15,19-20,24-25,30-31H,2,5-12,16-18,21-23,26-27H2,1,3-4H3;2-6H,1H2,(H,9,10,11). The average molecular weight is 725 g/mol. The fourth-order valence-corrected chi connectivity index (χ4v) is 6.39. The summed E-state index contributed by atoms with van der Waals surface area (Å²) in [7, 11) is -2.62. The van der Waals surface area contributed by atoms with Crippen molar-refractivity contribution in [3.63, 3.8) is 0 Å². The average Bonchev–Trinajstić information content (AvgIpc) is 3.58. The van der Waals surface area contributed by atoms with E-state index < -0.39 is 10.1 Å². The van der Waals surface area contributed by atoms with Crippen molar-refractivity contribution < 1.29 is 32.0 Å². The molecule has 0 bridgehead atoms. The fraction of sp³-hybridized carbons (Fsp3) is 0.512. The van der Waals surface area contributed by atoms with Crippen molar-refractivity contribution in [1.82, 2.24) is 9.80 Å². The third-order valence-corrected chi connectivity index (χ3v) is 9.74. The summed E-state index contributed by atoms with van der Waals surface area (Å²) in [6, 6.07) is 16.4. The van der Waals surface area contributed by atoms with E-state index >= 15 is 0 Å². The van der Waals surface area contributed by atoms with Crippen LogP contribution in [0.25, 0.3) is 6.08 Å². The molecule has 2 atom stereocenters. The molecular weight excluding hydrogens is 665 g/mol. The van der Waals surface area contributed by atoms with Crippen LogP contribution in [0, 0.1) is 0 Å². The highest BCUT2D eigenvalue weighted by atomic mass is 32.2. The molecule has 3 rings (SSSR count). The Kier molecular flexibility index (Phi) is 20.6. The van der Waals surface area contributed by atoms with Gasteiger partial charge < -0.3 is 19.3 Å². The van der Waals surface area contributed by atoms with Crippen LogP contribution in [0.5, 0.6) is 0 Å². The molecule has 9 nitrogen and oxygen atoms in total. The Morgan fingerprint density at radius 3 is 2.08 bits per heavy atom. The number of ether oxygens (including phenoxy) is 2. The van der Waals surface area contributed by atoms with Crippen molar-refractivity contribution in [3.05, 3.63) is 96.9 Å². The first kappa shape index (κ1) is 43.3. The number of unbranched alkanes of at least 4 members (excludes halogenated alkanes) is 9. The van der Waals surface area contributed by atoms with Crippen molar-refractivity contribution in [2.24, 2.45) is 0 Å². The first-order chi connectivity index (χ1) is 24.5. The molecule has 1 aliphatic heterocycles. The zero-order chi connectivity index (χ0) is 37.5. The molecule has 0 aromatic heterocycles. The van der Waals surface area contributed by atoms with Crippen LogP contribution >= 0.6 is 0 Å². The van der Waals surface area contributed by atoms with E-state index in [1.165, 1.54) is 56.9 Å². The molecule has 0 spiro atoms. The molecule has 1 heterocycles. The van der Waals surface area contributed by atoms with Crippen LogP contribution < -0.4 is 0 Å². The van der Waals surface area contributed by atoms with Gasteiger partial charge in [-0.25, -0.2) is 4.79 Å². The molecule has 1 N–H and O–H groups in total. The summed E-state index contributed by atoms with van der Waals surface area (Å²) in [5, 5.41) is 0. The fourth-order valence-electron chi connectivity index (χ4n) is 5.91. The number of nitrogens with zero attached hydrogens (tertiary/aromatic N) is 2. The van der Waals surface area contributed by atoms with E-state index in [-0.39, 0.29) is 29.0 Å². The van der Waals surface area contributed by atoms with Gasteiger partial charge in [0, 0.05) is 30.9 Å². The summed E-state index contributed by atoms with van der Waals surface area (Å²) < 4.78 is 40.6. The lowest BCUT2D eigenvalue weighted by Gasteiger charge is -2.35. The van der Waals surface area contributed by atoms with E-state index in [2.05, 4.69) is 66.5 Å². The zero-order valence-electron chi connectivity index (χ0n) is 31.0. The van der Waals surface area contributed by atoms with Crippen molar-refractivity contribution in [2.75, 3.05) is 13.8 Å². The number of hydrogen-bond donors (Lipinski definition) is 1. The Morgan fingerprint density at radius 2 is 1.49 bits per heavy atom. The van der Waals surface area contributed by atoms with Gasteiger partial charge in [0.2, 0.25) is 0 Å². The summed E-state index contributed by atoms with van der Waals surface area (Å²) in [5.41, 5.74) is 2.54.